The van der Waals surface area contributed by atoms with E-state index >= 15 is 0 Å². The SMILES string of the molecule is CC(c1ccc(F)cc1)n1cncc1CN1CCN(C(=O)c2ccccc2)C(c2ccccc2)C1. The minimum Gasteiger partial charge on any atom is -0.329 e. The van der Waals surface area contributed by atoms with Crippen molar-refractivity contribution in [2.24, 2.45) is 0 Å². The number of piperazine rings is 1. The molecule has 0 saturated carbocycles. The summed E-state index contributed by atoms with van der Waals surface area (Å²) in [4.78, 5) is 22.2. The number of imidazole rings is 1. The Labute approximate surface area is 205 Å². The van der Waals surface area contributed by atoms with E-state index in [1.807, 2.05) is 78.1 Å². The number of nitrogens with zero attached hydrogens (tertiary/aromatic N) is 4. The average Bonchev–Trinajstić information content (AvgIpc) is 3.37. The van der Waals surface area contributed by atoms with Gasteiger partial charge in [-0.25, -0.2) is 9.37 Å². The monoisotopic (exact) mass is 468 g/mol. The highest BCUT2D eigenvalue weighted by atomic mass is 19.1. The topological polar surface area (TPSA) is 41.4 Å². The molecule has 1 saturated heterocycles. The zero-order chi connectivity index (χ0) is 24.2. The van der Waals surface area contributed by atoms with Gasteiger partial charge in [0, 0.05) is 37.9 Å². The summed E-state index contributed by atoms with van der Waals surface area (Å²) in [5.74, 6) is -0.171. The Morgan fingerprint density at radius 3 is 2.37 bits per heavy atom. The quantitative estimate of drug-likeness (QED) is 0.384. The summed E-state index contributed by atoms with van der Waals surface area (Å²) >= 11 is 0. The van der Waals surface area contributed by atoms with Crippen LogP contribution in [0, 0.1) is 5.82 Å². The fourth-order valence-corrected chi connectivity index (χ4v) is 4.87. The van der Waals surface area contributed by atoms with Crippen molar-refractivity contribution in [3.05, 3.63) is 126 Å². The van der Waals surface area contributed by atoms with Crippen molar-refractivity contribution in [2.75, 3.05) is 19.6 Å². The van der Waals surface area contributed by atoms with Crippen molar-refractivity contribution >= 4 is 5.91 Å². The van der Waals surface area contributed by atoms with Gasteiger partial charge >= 0.3 is 0 Å². The van der Waals surface area contributed by atoms with Crippen molar-refractivity contribution in [1.82, 2.24) is 19.4 Å². The lowest BCUT2D eigenvalue weighted by molar-refractivity contribution is 0.0429. The molecule has 6 heteroatoms. The number of halogens is 1. The van der Waals surface area contributed by atoms with Gasteiger partial charge < -0.3 is 9.47 Å². The van der Waals surface area contributed by atoms with E-state index in [9.17, 15) is 9.18 Å². The van der Waals surface area contributed by atoms with Crippen LogP contribution in [0.4, 0.5) is 4.39 Å². The highest BCUT2D eigenvalue weighted by Gasteiger charge is 2.32. The van der Waals surface area contributed by atoms with Crippen LogP contribution in [0.15, 0.2) is 97.5 Å². The average molecular weight is 469 g/mol. The van der Waals surface area contributed by atoms with Gasteiger partial charge in [0.05, 0.1) is 24.1 Å². The van der Waals surface area contributed by atoms with Crippen LogP contribution in [0.3, 0.4) is 0 Å². The van der Waals surface area contributed by atoms with Crippen LogP contribution in [0.5, 0.6) is 0 Å². The van der Waals surface area contributed by atoms with Crippen molar-refractivity contribution in [3.8, 4) is 0 Å². The zero-order valence-corrected chi connectivity index (χ0v) is 19.8. The molecule has 1 amide bonds. The summed E-state index contributed by atoms with van der Waals surface area (Å²) in [5.41, 5.74) is 3.98. The molecule has 5 rings (SSSR count). The molecule has 2 heterocycles. The van der Waals surface area contributed by atoms with Gasteiger partial charge in [-0.05, 0) is 42.3 Å². The van der Waals surface area contributed by atoms with Crippen LogP contribution >= 0.6 is 0 Å². The molecule has 2 unspecified atom stereocenters. The molecular weight excluding hydrogens is 439 g/mol. The molecule has 178 valence electrons. The van der Waals surface area contributed by atoms with Gasteiger partial charge in [0.15, 0.2) is 0 Å². The van der Waals surface area contributed by atoms with Crippen LogP contribution in [0.1, 0.15) is 46.2 Å². The molecule has 1 aliphatic rings. The Morgan fingerprint density at radius 1 is 0.971 bits per heavy atom. The zero-order valence-electron chi connectivity index (χ0n) is 19.8. The molecule has 2 atom stereocenters. The van der Waals surface area contributed by atoms with Crippen molar-refractivity contribution in [1.29, 1.82) is 0 Å². The lowest BCUT2D eigenvalue weighted by Gasteiger charge is -2.42. The van der Waals surface area contributed by atoms with Gasteiger partial charge in [-0.1, -0.05) is 60.7 Å². The first kappa shape index (κ1) is 23.0. The summed E-state index contributed by atoms with van der Waals surface area (Å²) < 4.78 is 15.5. The standard InChI is InChI=1S/C29H29FN4O/c1-22(23-12-14-26(30)15-13-23)34-21-31-18-27(34)19-32-16-17-33(29(35)25-10-6-3-7-11-25)28(20-32)24-8-4-2-5-9-24/h2-15,18,21-22,28H,16-17,19-20H2,1H3. The molecule has 5 nitrogen and oxygen atoms in total. The van der Waals surface area contributed by atoms with Crippen LogP contribution in [-0.4, -0.2) is 44.9 Å². The molecular formula is C29H29FN4O. The highest BCUT2D eigenvalue weighted by Crippen LogP contribution is 2.29. The van der Waals surface area contributed by atoms with Gasteiger partial charge in [0.2, 0.25) is 0 Å². The van der Waals surface area contributed by atoms with Crippen LogP contribution in [0.2, 0.25) is 0 Å². The minimum atomic E-state index is -0.235. The third-order valence-corrected chi connectivity index (χ3v) is 6.83. The van der Waals surface area contributed by atoms with E-state index in [0.717, 1.165) is 36.5 Å². The third-order valence-electron chi connectivity index (χ3n) is 6.83. The molecule has 0 radical (unpaired) electrons. The number of benzene rings is 3. The van der Waals surface area contributed by atoms with E-state index in [1.165, 1.54) is 12.1 Å². The number of aromatic nitrogens is 2. The number of carbonyl (C=O) groups is 1. The highest BCUT2D eigenvalue weighted by molar-refractivity contribution is 5.94. The first-order valence-electron chi connectivity index (χ1n) is 12.0. The lowest BCUT2D eigenvalue weighted by Crippen LogP contribution is -2.50. The van der Waals surface area contributed by atoms with Crippen LogP contribution < -0.4 is 0 Å². The summed E-state index contributed by atoms with van der Waals surface area (Å²) in [6, 6.07) is 26.4. The normalized spacial score (nSPS) is 17.3. The maximum Gasteiger partial charge on any atom is 0.254 e. The predicted molar refractivity (Wildman–Crippen MR) is 134 cm³/mol. The molecule has 3 aromatic carbocycles. The fraction of sp³-hybridized carbons (Fsp3) is 0.241. The Kier molecular flexibility index (Phi) is 6.73. The molecule has 0 N–H and O–H groups in total. The molecule has 0 spiro atoms. The third kappa shape index (κ3) is 5.03. The molecule has 1 fully saturated rings. The molecule has 35 heavy (non-hydrogen) atoms. The number of hydrogen-bond acceptors (Lipinski definition) is 3. The second kappa shape index (κ2) is 10.2. The molecule has 0 bridgehead atoms. The maximum absolute atomic E-state index is 13.4. The molecule has 1 aromatic heterocycles. The number of amides is 1. The van der Waals surface area contributed by atoms with Gasteiger partial charge in [-0.15, -0.1) is 0 Å². The predicted octanol–water partition coefficient (Wildman–Crippen LogP) is 5.33. The Balaban J connectivity index is 1.36. The second-order valence-electron chi connectivity index (χ2n) is 9.05. The van der Waals surface area contributed by atoms with Crippen LogP contribution in [-0.2, 0) is 6.54 Å². The molecule has 0 aliphatic carbocycles. The summed E-state index contributed by atoms with van der Waals surface area (Å²) in [7, 11) is 0. The van der Waals surface area contributed by atoms with E-state index in [2.05, 4.69) is 33.5 Å². The van der Waals surface area contributed by atoms with E-state index in [4.69, 9.17) is 0 Å². The molecule has 4 aromatic rings. The first-order chi connectivity index (χ1) is 17.1. The first-order valence-corrected chi connectivity index (χ1v) is 12.0. The Bertz CT molecular complexity index is 1260. The number of rotatable bonds is 6. The summed E-state index contributed by atoms with van der Waals surface area (Å²) in [5, 5.41) is 0. The Morgan fingerprint density at radius 2 is 1.66 bits per heavy atom. The number of hydrogen-bond donors (Lipinski definition) is 0. The van der Waals surface area contributed by atoms with E-state index in [-0.39, 0.29) is 23.8 Å². The van der Waals surface area contributed by atoms with Gasteiger partial charge in [-0.2, -0.15) is 0 Å². The van der Waals surface area contributed by atoms with Crippen molar-refractivity contribution in [2.45, 2.75) is 25.6 Å². The van der Waals surface area contributed by atoms with Crippen molar-refractivity contribution < 1.29 is 9.18 Å². The van der Waals surface area contributed by atoms with Crippen molar-refractivity contribution in [3.63, 3.8) is 0 Å². The fourth-order valence-electron chi connectivity index (χ4n) is 4.87. The second-order valence-corrected chi connectivity index (χ2v) is 9.05. The smallest absolute Gasteiger partial charge is 0.254 e. The minimum absolute atomic E-state index is 0.0384. The van der Waals surface area contributed by atoms with E-state index in [1.54, 1.807) is 0 Å². The summed E-state index contributed by atoms with van der Waals surface area (Å²) in [6.07, 6.45) is 3.74. The maximum atomic E-state index is 13.4. The summed E-state index contributed by atoms with van der Waals surface area (Å²) in [6.45, 7) is 4.98. The van der Waals surface area contributed by atoms with Gasteiger partial charge in [0.1, 0.15) is 5.82 Å². The Hall–Kier alpha value is -3.77. The number of carbonyl (C=O) groups excluding carboxylic acids is 1. The van der Waals surface area contributed by atoms with E-state index < -0.39 is 0 Å². The van der Waals surface area contributed by atoms with E-state index in [0.29, 0.717) is 12.1 Å². The van der Waals surface area contributed by atoms with Crippen LogP contribution in [0.25, 0.3) is 0 Å². The van der Waals surface area contributed by atoms with Gasteiger partial charge in [0.25, 0.3) is 5.91 Å². The molecule has 1 aliphatic heterocycles. The van der Waals surface area contributed by atoms with Gasteiger partial charge in [-0.3, -0.25) is 9.69 Å². The largest absolute Gasteiger partial charge is 0.329 e. The lowest BCUT2D eigenvalue weighted by atomic mass is 10.0.